The van der Waals surface area contributed by atoms with Crippen LogP contribution in [-0.2, 0) is 4.79 Å². The monoisotopic (exact) mass is 424 g/mol. The average molecular weight is 425 g/mol. The highest BCUT2D eigenvalue weighted by atomic mass is 35.5. The van der Waals surface area contributed by atoms with Gasteiger partial charge in [-0.1, -0.05) is 29.8 Å². The van der Waals surface area contributed by atoms with Crippen molar-refractivity contribution in [1.29, 1.82) is 0 Å². The summed E-state index contributed by atoms with van der Waals surface area (Å²) in [4.78, 5) is 25.2. The van der Waals surface area contributed by atoms with Crippen LogP contribution in [0, 0.1) is 17.0 Å². The fraction of sp³-hybridized carbons (Fsp3) is 0.316. The maximum absolute atomic E-state index is 12.6. The molecule has 0 bridgehead atoms. The van der Waals surface area contributed by atoms with E-state index in [1.807, 2.05) is 24.3 Å². The molecule has 0 spiro atoms. The average Bonchev–Trinajstić information content (AvgIpc) is 2.63. The second kappa shape index (κ2) is 9.84. The van der Waals surface area contributed by atoms with Crippen LogP contribution in [0.15, 0.2) is 42.5 Å². The highest BCUT2D eigenvalue weighted by molar-refractivity contribution is 6.30. The van der Waals surface area contributed by atoms with E-state index in [2.05, 4.69) is 15.5 Å². The third-order valence-electron chi connectivity index (χ3n) is 4.64. The fourth-order valence-electron chi connectivity index (χ4n) is 3.21. The molecule has 1 aliphatic heterocycles. The van der Waals surface area contributed by atoms with Gasteiger partial charge in [0.15, 0.2) is 0 Å². The molecule has 1 amide bonds. The minimum absolute atomic E-state index is 0. The maximum Gasteiger partial charge on any atom is 0.271 e. The second-order valence-electron chi connectivity index (χ2n) is 6.55. The van der Waals surface area contributed by atoms with Crippen molar-refractivity contribution in [3.05, 3.63) is 68.7 Å². The van der Waals surface area contributed by atoms with E-state index in [-0.39, 0.29) is 36.6 Å². The molecule has 1 saturated heterocycles. The van der Waals surface area contributed by atoms with Gasteiger partial charge in [-0.2, -0.15) is 0 Å². The van der Waals surface area contributed by atoms with Crippen LogP contribution in [0.3, 0.4) is 0 Å². The van der Waals surface area contributed by atoms with E-state index in [9.17, 15) is 14.9 Å². The van der Waals surface area contributed by atoms with E-state index >= 15 is 0 Å². The molecule has 0 aromatic heterocycles. The third-order valence-corrected chi connectivity index (χ3v) is 4.88. The summed E-state index contributed by atoms with van der Waals surface area (Å²) in [5.74, 6) is -0.201. The number of nitro benzene ring substituents is 1. The van der Waals surface area contributed by atoms with Crippen LogP contribution in [0.25, 0.3) is 0 Å². The van der Waals surface area contributed by atoms with Crippen molar-refractivity contribution in [2.75, 3.05) is 31.5 Å². The summed E-state index contributed by atoms with van der Waals surface area (Å²) >= 11 is 6.11. The Labute approximate surface area is 174 Å². The molecule has 2 aromatic carbocycles. The molecule has 1 heterocycles. The summed E-state index contributed by atoms with van der Waals surface area (Å²) in [6.45, 7) is 4.24. The highest BCUT2D eigenvalue weighted by Crippen LogP contribution is 2.25. The summed E-state index contributed by atoms with van der Waals surface area (Å²) in [7, 11) is 0. The lowest BCUT2D eigenvalue weighted by Gasteiger charge is -2.36. The number of anilines is 1. The number of carbonyl (C=O) groups excluding carboxylic acids is 1. The largest absolute Gasteiger partial charge is 0.324 e. The van der Waals surface area contributed by atoms with Crippen molar-refractivity contribution in [1.82, 2.24) is 10.2 Å². The topological polar surface area (TPSA) is 87.5 Å². The first-order valence-corrected chi connectivity index (χ1v) is 9.07. The Morgan fingerprint density at radius 3 is 2.86 bits per heavy atom. The van der Waals surface area contributed by atoms with E-state index in [0.717, 1.165) is 30.8 Å². The van der Waals surface area contributed by atoms with Gasteiger partial charge in [0.05, 0.1) is 17.2 Å². The standard InChI is InChI=1S/C19H21ClN4O3.ClH/c1-13-5-6-16(24(26)27)10-17(13)22-19(25)12-23-8-7-21-11-18(23)14-3-2-4-15(20)9-14;/h2-6,9-10,18,21H,7-8,11-12H2,1H3,(H,22,25);1H. The van der Waals surface area contributed by atoms with Gasteiger partial charge in [0.2, 0.25) is 5.91 Å². The van der Waals surface area contributed by atoms with Crippen LogP contribution in [-0.4, -0.2) is 41.9 Å². The SMILES string of the molecule is Cc1ccc([N+](=O)[O-])cc1NC(=O)CN1CCNCC1c1cccc(Cl)c1.Cl. The first-order valence-electron chi connectivity index (χ1n) is 8.69. The van der Waals surface area contributed by atoms with Gasteiger partial charge in [0, 0.05) is 42.8 Å². The van der Waals surface area contributed by atoms with Crippen molar-refractivity contribution in [3.63, 3.8) is 0 Å². The van der Waals surface area contributed by atoms with Crippen LogP contribution in [0.4, 0.5) is 11.4 Å². The van der Waals surface area contributed by atoms with Gasteiger partial charge in [0.25, 0.3) is 5.69 Å². The number of amides is 1. The van der Waals surface area contributed by atoms with Crippen LogP contribution >= 0.6 is 24.0 Å². The minimum Gasteiger partial charge on any atom is -0.324 e. The van der Waals surface area contributed by atoms with E-state index in [4.69, 9.17) is 11.6 Å². The Hall–Kier alpha value is -2.19. The van der Waals surface area contributed by atoms with Crippen molar-refractivity contribution in [2.24, 2.45) is 0 Å². The Kier molecular flexibility index (Phi) is 7.77. The number of hydrogen-bond donors (Lipinski definition) is 2. The van der Waals surface area contributed by atoms with Gasteiger partial charge < -0.3 is 10.6 Å². The predicted molar refractivity (Wildman–Crippen MR) is 112 cm³/mol. The number of rotatable bonds is 5. The number of halogens is 2. The van der Waals surface area contributed by atoms with E-state index in [0.29, 0.717) is 10.7 Å². The van der Waals surface area contributed by atoms with Crippen LogP contribution in [0.1, 0.15) is 17.2 Å². The predicted octanol–water partition coefficient (Wildman–Crippen LogP) is 3.56. The van der Waals surface area contributed by atoms with Gasteiger partial charge in [-0.3, -0.25) is 19.8 Å². The molecule has 2 N–H and O–H groups in total. The van der Waals surface area contributed by atoms with Gasteiger partial charge in [-0.05, 0) is 30.2 Å². The van der Waals surface area contributed by atoms with Gasteiger partial charge in [0.1, 0.15) is 0 Å². The molecular weight excluding hydrogens is 403 g/mol. The molecule has 0 aliphatic carbocycles. The lowest BCUT2D eigenvalue weighted by atomic mass is 10.0. The molecule has 0 radical (unpaired) electrons. The molecule has 0 saturated carbocycles. The summed E-state index contributed by atoms with van der Waals surface area (Å²) in [6, 6.07) is 12.1. The fourth-order valence-corrected chi connectivity index (χ4v) is 3.41. The minimum atomic E-state index is -0.472. The summed E-state index contributed by atoms with van der Waals surface area (Å²) in [5.41, 5.74) is 2.24. The number of nitrogens with one attached hydrogen (secondary N) is 2. The Bertz CT molecular complexity index is 863. The number of nitro groups is 1. The number of aryl methyl sites for hydroxylation is 1. The number of nitrogens with zero attached hydrogens (tertiary/aromatic N) is 2. The maximum atomic E-state index is 12.6. The van der Waals surface area contributed by atoms with Crippen molar-refractivity contribution < 1.29 is 9.72 Å². The van der Waals surface area contributed by atoms with Crippen LogP contribution < -0.4 is 10.6 Å². The zero-order valence-electron chi connectivity index (χ0n) is 15.4. The smallest absolute Gasteiger partial charge is 0.271 e. The molecule has 9 heteroatoms. The van der Waals surface area contributed by atoms with E-state index < -0.39 is 4.92 Å². The highest BCUT2D eigenvalue weighted by Gasteiger charge is 2.26. The van der Waals surface area contributed by atoms with Gasteiger partial charge >= 0.3 is 0 Å². The summed E-state index contributed by atoms with van der Waals surface area (Å²) in [5, 5.41) is 17.8. The number of piperazine rings is 1. The summed E-state index contributed by atoms with van der Waals surface area (Å²) < 4.78 is 0. The third kappa shape index (κ3) is 5.42. The number of carbonyl (C=O) groups is 1. The number of non-ortho nitro benzene ring substituents is 1. The molecule has 1 aliphatic rings. The van der Waals surface area contributed by atoms with Crippen molar-refractivity contribution in [2.45, 2.75) is 13.0 Å². The van der Waals surface area contributed by atoms with Crippen molar-refractivity contribution in [3.8, 4) is 0 Å². The molecule has 1 fully saturated rings. The molecule has 150 valence electrons. The number of benzene rings is 2. The van der Waals surface area contributed by atoms with Crippen LogP contribution in [0.5, 0.6) is 0 Å². The normalized spacial score (nSPS) is 16.9. The zero-order chi connectivity index (χ0) is 19.4. The first-order chi connectivity index (χ1) is 12.9. The zero-order valence-corrected chi connectivity index (χ0v) is 16.9. The Morgan fingerprint density at radius 2 is 2.14 bits per heavy atom. The second-order valence-corrected chi connectivity index (χ2v) is 6.99. The Balaban J connectivity index is 0.00000280. The molecule has 7 nitrogen and oxygen atoms in total. The quantitative estimate of drug-likeness (QED) is 0.565. The van der Waals surface area contributed by atoms with Gasteiger partial charge in [-0.25, -0.2) is 0 Å². The van der Waals surface area contributed by atoms with E-state index in [1.54, 1.807) is 13.0 Å². The Morgan fingerprint density at radius 1 is 1.36 bits per heavy atom. The molecule has 3 rings (SSSR count). The first kappa shape index (κ1) is 22.1. The van der Waals surface area contributed by atoms with Crippen LogP contribution in [0.2, 0.25) is 5.02 Å². The molecule has 1 unspecified atom stereocenters. The molecular formula is C19H22Cl2N4O3. The lowest BCUT2D eigenvalue weighted by Crippen LogP contribution is -2.48. The van der Waals surface area contributed by atoms with E-state index in [1.165, 1.54) is 12.1 Å². The molecule has 28 heavy (non-hydrogen) atoms. The molecule has 1 atom stereocenters. The molecule has 2 aromatic rings. The van der Waals surface area contributed by atoms with Crippen molar-refractivity contribution >= 4 is 41.3 Å². The lowest BCUT2D eigenvalue weighted by molar-refractivity contribution is -0.384. The summed E-state index contributed by atoms with van der Waals surface area (Å²) in [6.07, 6.45) is 0. The number of hydrogen-bond acceptors (Lipinski definition) is 5. The van der Waals surface area contributed by atoms with Gasteiger partial charge in [-0.15, -0.1) is 12.4 Å².